The van der Waals surface area contributed by atoms with Crippen LogP contribution in [0.3, 0.4) is 0 Å². The van der Waals surface area contributed by atoms with Crippen molar-refractivity contribution in [3.05, 3.63) is 47.5 Å². The number of benzene rings is 1. The van der Waals surface area contributed by atoms with Gasteiger partial charge in [0.15, 0.2) is 0 Å². The molecule has 0 aliphatic rings. The Balaban J connectivity index is 2.05. The molecule has 0 spiro atoms. The van der Waals surface area contributed by atoms with Crippen LogP contribution in [0.25, 0.3) is 0 Å². The second kappa shape index (κ2) is 7.44. The predicted molar refractivity (Wildman–Crippen MR) is 83.1 cm³/mol. The van der Waals surface area contributed by atoms with Gasteiger partial charge >= 0.3 is 0 Å². The highest BCUT2D eigenvalue weighted by Gasteiger charge is 2.14. The molecule has 2 aromatic rings. The molecule has 0 aliphatic heterocycles. The number of rotatable bonds is 7. The van der Waals surface area contributed by atoms with Crippen molar-refractivity contribution in [1.29, 1.82) is 0 Å². The normalized spacial score (nSPS) is 12.6. The molecule has 0 fully saturated rings. The summed E-state index contributed by atoms with van der Waals surface area (Å²) in [5, 5.41) is 4.28. The zero-order valence-corrected chi connectivity index (χ0v) is 13.0. The predicted octanol–water partition coefficient (Wildman–Crippen LogP) is 3.64. The second-order valence-corrected chi connectivity index (χ2v) is 5.56. The van der Waals surface area contributed by atoms with Gasteiger partial charge in [-0.1, -0.05) is 31.2 Å². The Bertz CT molecular complexity index is 536. The zero-order chi connectivity index (χ0) is 14.4. The number of nitrogens with zero attached hydrogens (tertiary/aromatic N) is 3. The Labute approximate surface area is 126 Å². The molecule has 0 bridgehead atoms. The van der Waals surface area contributed by atoms with Crippen LogP contribution in [-0.4, -0.2) is 20.6 Å². The molecule has 0 radical (unpaired) electrons. The van der Waals surface area contributed by atoms with Crippen molar-refractivity contribution in [3.8, 4) is 0 Å². The van der Waals surface area contributed by atoms with Gasteiger partial charge in [-0.3, -0.25) is 4.68 Å². The van der Waals surface area contributed by atoms with Gasteiger partial charge in [0.1, 0.15) is 12.2 Å². The molecule has 0 amide bonds. The fourth-order valence-electron chi connectivity index (χ4n) is 2.43. The summed E-state index contributed by atoms with van der Waals surface area (Å²) in [4.78, 5) is 4.38. The van der Waals surface area contributed by atoms with Crippen LogP contribution in [-0.2, 0) is 19.4 Å². The Morgan fingerprint density at radius 3 is 2.75 bits per heavy atom. The maximum atomic E-state index is 6.16. The minimum Gasteiger partial charge on any atom is -0.250 e. The van der Waals surface area contributed by atoms with Gasteiger partial charge in [0.05, 0.1) is 0 Å². The van der Waals surface area contributed by atoms with Gasteiger partial charge in [-0.15, -0.1) is 11.6 Å². The summed E-state index contributed by atoms with van der Waals surface area (Å²) in [6.07, 6.45) is 4.59. The fraction of sp³-hybridized carbons (Fsp3) is 0.500. The smallest absolute Gasteiger partial charge is 0.138 e. The average molecular weight is 292 g/mol. The third kappa shape index (κ3) is 3.83. The lowest BCUT2D eigenvalue weighted by Gasteiger charge is -2.15. The van der Waals surface area contributed by atoms with E-state index in [1.54, 1.807) is 6.33 Å². The van der Waals surface area contributed by atoms with E-state index in [9.17, 15) is 0 Å². The Kier molecular flexibility index (Phi) is 5.60. The molecule has 3 nitrogen and oxygen atoms in total. The molecule has 1 unspecified atom stereocenters. The third-order valence-electron chi connectivity index (χ3n) is 3.59. The molecule has 20 heavy (non-hydrogen) atoms. The van der Waals surface area contributed by atoms with Gasteiger partial charge < -0.3 is 0 Å². The lowest BCUT2D eigenvalue weighted by Crippen LogP contribution is -2.15. The van der Waals surface area contributed by atoms with E-state index in [0.717, 1.165) is 31.6 Å². The lowest BCUT2D eigenvalue weighted by atomic mass is 9.95. The summed E-state index contributed by atoms with van der Waals surface area (Å²) in [5.74, 6) is 2.09. The summed E-state index contributed by atoms with van der Waals surface area (Å²) in [6.45, 7) is 5.23. The second-order valence-electron chi connectivity index (χ2n) is 5.25. The molecule has 1 atom stereocenters. The highest BCUT2D eigenvalue weighted by molar-refractivity contribution is 6.18. The number of halogens is 1. The third-order valence-corrected chi connectivity index (χ3v) is 4.03. The Morgan fingerprint density at radius 2 is 2.05 bits per heavy atom. The van der Waals surface area contributed by atoms with E-state index < -0.39 is 0 Å². The minimum absolute atomic E-state index is 0.401. The van der Waals surface area contributed by atoms with Crippen molar-refractivity contribution in [2.24, 2.45) is 5.92 Å². The van der Waals surface area contributed by atoms with E-state index in [4.69, 9.17) is 11.6 Å². The van der Waals surface area contributed by atoms with Gasteiger partial charge in [-0.25, -0.2) is 4.98 Å². The van der Waals surface area contributed by atoms with Crippen LogP contribution in [0, 0.1) is 12.8 Å². The molecule has 1 heterocycles. The van der Waals surface area contributed by atoms with Gasteiger partial charge in [0, 0.05) is 18.8 Å². The molecule has 108 valence electrons. The van der Waals surface area contributed by atoms with Crippen LogP contribution in [0.1, 0.15) is 30.3 Å². The highest BCUT2D eigenvalue weighted by Crippen LogP contribution is 2.18. The topological polar surface area (TPSA) is 30.7 Å². The average Bonchev–Trinajstić information content (AvgIpc) is 2.88. The first-order chi connectivity index (χ1) is 9.74. The van der Waals surface area contributed by atoms with Crippen molar-refractivity contribution in [1.82, 2.24) is 14.8 Å². The summed E-state index contributed by atoms with van der Waals surface area (Å²) in [6, 6.07) is 8.51. The number of hydrogen-bond acceptors (Lipinski definition) is 2. The molecule has 0 saturated heterocycles. The summed E-state index contributed by atoms with van der Waals surface area (Å²) in [5.41, 5.74) is 2.71. The largest absolute Gasteiger partial charge is 0.250 e. The van der Waals surface area contributed by atoms with Crippen LogP contribution >= 0.6 is 11.6 Å². The quantitative estimate of drug-likeness (QED) is 0.729. The van der Waals surface area contributed by atoms with Crippen molar-refractivity contribution in [3.63, 3.8) is 0 Å². The lowest BCUT2D eigenvalue weighted by molar-refractivity contribution is 0.508. The van der Waals surface area contributed by atoms with Crippen LogP contribution in [0.15, 0.2) is 30.6 Å². The van der Waals surface area contributed by atoms with Crippen molar-refractivity contribution in [2.45, 2.75) is 39.7 Å². The Morgan fingerprint density at radius 1 is 1.25 bits per heavy atom. The summed E-state index contributed by atoms with van der Waals surface area (Å²) in [7, 11) is 0. The molecule has 0 saturated carbocycles. The first-order valence-electron chi connectivity index (χ1n) is 7.21. The highest BCUT2D eigenvalue weighted by atomic mass is 35.5. The molecule has 2 rings (SSSR count). The van der Waals surface area contributed by atoms with E-state index in [-0.39, 0.29) is 0 Å². The van der Waals surface area contributed by atoms with Crippen molar-refractivity contribution < 1.29 is 0 Å². The first kappa shape index (κ1) is 15.0. The number of aryl methyl sites for hydroxylation is 2. The van der Waals surface area contributed by atoms with Gasteiger partial charge in [-0.2, -0.15) is 5.10 Å². The molecule has 0 N–H and O–H groups in total. The number of hydrogen-bond donors (Lipinski definition) is 0. The summed E-state index contributed by atoms with van der Waals surface area (Å²) >= 11 is 6.16. The van der Waals surface area contributed by atoms with Crippen LogP contribution in [0.2, 0.25) is 0 Å². The molecule has 4 heteroatoms. The van der Waals surface area contributed by atoms with Gasteiger partial charge in [0.25, 0.3) is 0 Å². The Hall–Kier alpha value is -1.35. The van der Waals surface area contributed by atoms with E-state index in [1.807, 2.05) is 4.68 Å². The van der Waals surface area contributed by atoms with E-state index >= 15 is 0 Å². The van der Waals surface area contributed by atoms with Crippen molar-refractivity contribution >= 4 is 11.6 Å². The maximum absolute atomic E-state index is 6.16. The van der Waals surface area contributed by atoms with Crippen LogP contribution < -0.4 is 0 Å². The first-order valence-corrected chi connectivity index (χ1v) is 7.75. The maximum Gasteiger partial charge on any atom is 0.138 e. The van der Waals surface area contributed by atoms with Crippen LogP contribution in [0.4, 0.5) is 0 Å². The van der Waals surface area contributed by atoms with E-state index in [2.05, 4.69) is 48.2 Å². The van der Waals surface area contributed by atoms with E-state index in [1.165, 1.54) is 11.1 Å². The van der Waals surface area contributed by atoms with Crippen molar-refractivity contribution in [2.75, 3.05) is 5.88 Å². The number of aromatic nitrogens is 3. The van der Waals surface area contributed by atoms with Crippen LogP contribution in [0.5, 0.6) is 0 Å². The van der Waals surface area contributed by atoms with Gasteiger partial charge in [0.2, 0.25) is 0 Å². The summed E-state index contributed by atoms with van der Waals surface area (Å²) < 4.78 is 2.00. The number of alkyl halides is 1. The molecular formula is C16H22ClN3. The molecular weight excluding hydrogens is 270 g/mol. The van der Waals surface area contributed by atoms with Gasteiger partial charge in [-0.05, 0) is 36.8 Å². The monoisotopic (exact) mass is 291 g/mol. The zero-order valence-electron chi connectivity index (χ0n) is 12.2. The SMILES string of the molecule is CCCn1ncnc1CC(CCl)Cc1ccccc1C. The molecule has 0 aliphatic carbocycles. The minimum atomic E-state index is 0.401. The molecule has 1 aromatic carbocycles. The fourth-order valence-corrected chi connectivity index (χ4v) is 2.65. The molecule has 1 aromatic heterocycles. The standard InChI is InChI=1S/C16H22ClN3/c1-3-8-20-16(18-12-19-20)10-14(11-17)9-15-7-5-4-6-13(15)2/h4-7,12,14H,3,8-11H2,1-2H3. The van der Waals surface area contributed by atoms with E-state index in [0.29, 0.717) is 11.8 Å².